The zero-order chi connectivity index (χ0) is 10.8. The number of aryl methyl sites for hydroxylation is 1. The summed E-state index contributed by atoms with van der Waals surface area (Å²) in [6.07, 6.45) is 3.21. The molecule has 1 saturated heterocycles. The van der Waals surface area contributed by atoms with Crippen molar-refractivity contribution in [3.05, 3.63) is 18.0 Å². The molecule has 0 bridgehead atoms. The summed E-state index contributed by atoms with van der Waals surface area (Å²) in [5.74, 6) is -0.935. The highest BCUT2D eigenvalue weighted by atomic mass is 16.4. The molecule has 0 spiro atoms. The Labute approximate surface area is 88.1 Å². The van der Waals surface area contributed by atoms with Crippen LogP contribution in [0.15, 0.2) is 12.3 Å². The summed E-state index contributed by atoms with van der Waals surface area (Å²) in [5, 5.41) is 16.5. The third-order valence-electron chi connectivity index (χ3n) is 2.84. The summed E-state index contributed by atoms with van der Waals surface area (Å²) in [5.41, 5.74) is 0.934. The molecule has 0 aliphatic carbocycles. The summed E-state index contributed by atoms with van der Waals surface area (Å²) in [4.78, 5) is 10.9. The number of carboxylic acids is 1. The van der Waals surface area contributed by atoms with E-state index in [1.165, 1.54) is 0 Å². The number of aromatic nitrogens is 2. The second-order valence-electron chi connectivity index (χ2n) is 3.98. The molecule has 1 aromatic rings. The molecule has 0 radical (unpaired) electrons. The van der Waals surface area contributed by atoms with Crippen LogP contribution in [0.2, 0.25) is 0 Å². The summed E-state index contributed by atoms with van der Waals surface area (Å²) in [6, 6.07) is 2.02. The quantitative estimate of drug-likeness (QED) is 0.746. The van der Waals surface area contributed by atoms with Gasteiger partial charge >= 0.3 is 5.97 Å². The first-order valence-corrected chi connectivity index (χ1v) is 5.12. The van der Waals surface area contributed by atoms with Crippen molar-refractivity contribution in [2.75, 3.05) is 6.54 Å². The molecule has 0 saturated carbocycles. The molecular formula is C10H15N3O2. The van der Waals surface area contributed by atoms with Gasteiger partial charge in [0.25, 0.3) is 0 Å². The van der Waals surface area contributed by atoms with Gasteiger partial charge in [-0.15, -0.1) is 0 Å². The van der Waals surface area contributed by atoms with E-state index in [9.17, 15) is 4.79 Å². The highest BCUT2D eigenvalue weighted by Gasteiger charge is 2.28. The first-order chi connectivity index (χ1) is 7.16. The van der Waals surface area contributed by atoms with Crippen molar-refractivity contribution < 1.29 is 9.90 Å². The number of rotatable bonds is 2. The Morgan fingerprint density at radius 3 is 3.13 bits per heavy atom. The predicted molar refractivity (Wildman–Crippen MR) is 54.3 cm³/mol. The van der Waals surface area contributed by atoms with Gasteiger partial charge in [-0.3, -0.25) is 9.48 Å². The summed E-state index contributed by atoms with van der Waals surface area (Å²) < 4.78 is 1.74. The predicted octanol–water partition coefficient (Wildman–Crippen LogP) is 0.545. The number of hydrogen-bond donors (Lipinski definition) is 2. The van der Waals surface area contributed by atoms with Crippen LogP contribution in [0.1, 0.15) is 24.6 Å². The zero-order valence-electron chi connectivity index (χ0n) is 8.68. The molecule has 0 aromatic carbocycles. The molecule has 15 heavy (non-hydrogen) atoms. The normalized spacial score (nSPS) is 26.5. The van der Waals surface area contributed by atoms with Crippen LogP contribution in [0.25, 0.3) is 0 Å². The van der Waals surface area contributed by atoms with Gasteiger partial charge in [0.05, 0.1) is 17.7 Å². The number of piperidine rings is 1. The monoisotopic (exact) mass is 209 g/mol. The Kier molecular flexibility index (Phi) is 2.73. The minimum Gasteiger partial charge on any atom is -0.481 e. The van der Waals surface area contributed by atoms with Crippen molar-refractivity contribution in [2.45, 2.75) is 18.9 Å². The van der Waals surface area contributed by atoms with Gasteiger partial charge in [-0.2, -0.15) is 5.10 Å². The molecule has 1 fully saturated rings. The lowest BCUT2D eigenvalue weighted by atomic mass is 9.91. The third-order valence-corrected chi connectivity index (χ3v) is 2.84. The van der Waals surface area contributed by atoms with E-state index < -0.39 is 5.97 Å². The van der Waals surface area contributed by atoms with Crippen LogP contribution in [0.5, 0.6) is 0 Å². The Bertz CT molecular complexity index is 361. The second-order valence-corrected chi connectivity index (χ2v) is 3.98. The van der Waals surface area contributed by atoms with Crippen LogP contribution in [-0.4, -0.2) is 27.4 Å². The highest BCUT2D eigenvalue weighted by molar-refractivity contribution is 5.70. The molecule has 2 heterocycles. The molecule has 2 rings (SSSR count). The van der Waals surface area contributed by atoms with Gasteiger partial charge in [-0.05, 0) is 25.5 Å². The lowest BCUT2D eigenvalue weighted by Gasteiger charge is -2.26. The first-order valence-electron chi connectivity index (χ1n) is 5.12. The maximum absolute atomic E-state index is 10.9. The molecule has 2 unspecified atom stereocenters. The minimum atomic E-state index is -0.697. The number of nitrogens with zero attached hydrogens (tertiary/aromatic N) is 2. The van der Waals surface area contributed by atoms with Gasteiger partial charge in [0, 0.05) is 13.2 Å². The number of aliphatic carboxylic acids is 1. The van der Waals surface area contributed by atoms with Gasteiger partial charge in [-0.25, -0.2) is 0 Å². The smallest absolute Gasteiger partial charge is 0.306 e. The summed E-state index contributed by atoms with van der Waals surface area (Å²) in [7, 11) is 1.86. The lowest BCUT2D eigenvalue weighted by molar-refractivity contribution is -0.143. The van der Waals surface area contributed by atoms with Gasteiger partial charge in [-0.1, -0.05) is 0 Å². The highest BCUT2D eigenvalue weighted by Crippen LogP contribution is 2.26. The van der Waals surface area contributed by atoms with Gasteiger partial charge in [0.2, 0.25) is 0 Å². The van der Waals surface area contributed by atoms with Crippen molar-refractivity contribution in [1.29, 1.82) is 0 Å². The summed E-state index contributed by atoms with van der Waals surface area (Å²) >= 11 is 0. The Balaban J connectivity index is 2.07. The fourth-order valence-electron chi connectivity index (χ4n) is 1.99. The third kappa shape index (κ3) is 2.18. The van der Waals surface area contributed by atoms with Crippen LogP contribution in [0.3, 0.4) is 0 Å². The molecule has 1 aromatic heterocycles. The molecule has 2 atom stereocenters. The average Bonchev–Trinajstić information content (AvgIpc) is 2.65. The van der Waals surface area contributed by atoms with Gasteiger partial charge in [0.1, 0.15) is 0 Å². The molecule has 82 valence electrons. The van der Waals surface area contributed by atoms with Gasteiger partial charge < -0.3 is 10.4 Å². The van der Waals surface area contributed by atoms with Crippen LogP contribution >= 0.6 is 0 Å². The fourth-order valence-corrected chi connectivity index (χ4v) is 1.99. The number of carboxylic acid groups (broad SMARTS) is 1. The molecule has 2 N–H and O–H groups in total. The van der Waals surface area contributed by atoms with Crippen LogP contribution in [-0.2, 0) is 11.8 Å². The number of hydrogen-bond acceptors (Lipinski definition) is 3. The molecular weight excluding hydrogens is 194 g/mol. The van der Waals surface area contributed by atoms with E-state index in [1.54, 1.807) is 4.68 Å². The summed E-state index contributed by atoms with van der Waals surface area (Å²) in [6.45, 7) is 0.748. The van der Waals surface area contributed by atoms with Crippen LogP contribution < -0.4 is 5.32 Å². The topological polar surface area (TPSA) is 67.2 Å². The maximum atomic E-state index is 10.9. The molecule has 1 aliphatic rings. The van der Waals surface area contributed by atoms with E-state index >= 15 is 0 Å². The van der Waals surface area contributed by atoms with E-state index in [2.05, 4.69) is 10.4 Å². The number of carbonyl (C=O) groups is 1. The number of nitrogens with one attached hydrogen (secondary N) is 1. The van der Waals surface area contributed by atoms with Crippen molar-refractivity contribution in [1.82, 2.24) is 15.1 Å². The van der Waals surface area contributed by atoms with Crippen molar-refractivity contribution >= 4 is 5.97 Å². The van der Waals surface area contributed by atoms with E-state index in [4.69, 9.17) is 5.11 Å². The van der Waals surface area contributed by atoms with E-state index in [0.29, 0.717) is 12.8 Å². The standard InChI is InChI=1S/C10H15N3O2/c1-13-5-3-8(12-13)9-6-7(10(14)15)2-4-11-9/h3,5,7,9,11H,2,4,6H2,1H3,(H,14,15). The van der Waals surface area contributed by atoms with Gasteiger partial charge in [0.15, 0.2) is 0 Å². The second kappa shape index (κ2) is 4.02. The Morgan fingerprint density at radius 1 is 1.73 bits per heavy atom. The zero-order valence-corrected chi connectivity index (χ0v) is 8.68. The minimum absolute atomic E-state index is 0.0843. The van der Waals surface area contributed by atoms with Crippen LogP contribution in [0.4, 0.5) is 0 Å². The van der Waals surface area contributed by atoms with E-state index in [1.807, 2.05) is 19.3 Å². The lowest BCUT2D eigenvalue weighted by Crippen LogP contribution is -2.35. The maximum Gasteiger partial charge on any atom is 0.306 e. The Morgan fingerprint density at radius 2 is 2.53 bits per heavy atom. The van der Waals surface area contributed by atoms with E-state index in [0.717, 1.165) is 12.2 Å². The molecule has 5 heteroatoms. The molecule has 5 nitrogen and oxygen atoms in total. The van der Waals surface area contributed by atoms with E-state index in [-0.39, 0.29) is 12.0 Å². The largest absolute Gasteiger partial charge is 0.481 e. The fraction of sp³-hybridized carbons (Fsp3) is 0.600. The molecule has 1 aliphatic heterocycles. The van der Waals surface area contributed by atoms with Crippen molar-refractivity contribution in [3.8, 4) is 0 Å². The molecule has 0 amide bonds. The SMILES string of the molecule is Cn1ccc(C2CC(C(=O)O)CCN2)n1. The average molecular weight is 209 g/mol. The first kappa shape index (κ1) is 10.2. The Hall–Kier alpha value is -1.36. The van der Waals surface area contributed by atoms with Crippen molar-refractivity contribution in [2.24, 2.45) is 13.0 Å². The van der Waals surface area contributed by atoms with Crippen molar-refractivity contribution in [3.63, 3.8) is 0 Å². The van der Waals surface area contributed by atoms with Crippen LogP contribution in [0, 0.1) is 5.92 Å².